The third-order valence-corrected chi connectivity index (χ3v) is 3.95. The molecule has 1 aromatic heterocycles. The predicted molar refractivity (Wildman–Crippen MR) is 84.2 cm³/mol. The van der Waals surface area contributed by atoms with Gasteiger partial charge < -0.3 is 10.4 Å². The molecule has 2 rings (SSSR count). The van der Waals surface area contributed by atoms with Crippen molar-refractivity contribution in [3.8, 4) is 0 Å². The number of rotatable bonds is 5. The number of carbonyl (C=O) groups excluding carboxylic acids is 1. The van der Waals surface area contributed by atoms with E-state index in [1.807, 2.05) is 0 Å². The maximum absolute atomic E-state index is 13.2. The third kappa shape index (κ3) is 4.14. The first-order chi connectivity index (χ1) is 10.4. The van der Waals surface area contributed by atoms with Crippen LogP contribution in [0.25, 0.3) is 0 Å². The van der Waals surface area contributed by atoms with E-state index < -0.39 is 11.8 Å². The second-order valence-corrected chi connectivity index (χ2v) is 6.02. The summed E-state index contributed by atoms with van der Waals surface area (Å²) in [5.74, 6) is -1.86. The van der Waals surface area contributed by atoms with Crippen LogP contribution in [-0.4, -0.2) is 26.8 Å². The zero-order valence-electron chi connectivity index (χ0n) is 11.0. The predicted octanol–water partition coefficient (Wildman–Crippen LogP) is 3.27. The molecule has 9 heteroatoms. The normalized spacial score (nSPS) is 10.5. The number of carboxylic acid groups (broad SMARTS) is 1. The third-order valence-electron chi connectivity index (χ3n) is 2.70. The van der Waals surface area contributed by atoms with Crippen molar-refractivity contribution in [2.45, 2.75) is 13.0 Å². The highest BCUT2D eigenvalue weighted by molar-refractivity contribution is 9.11. The maximum Gasteiger partial charge on any atom is 0.356 e. The molecule has 0 radical (unpaired) electrons. The Morgan fingerprint density at radius 1 is 1.32 bits per heavy atom. The molecule has 0 aliphatic rings. The first kappa shape index (κ1) is 16.6. The van der Waals surface area contributed by atoms with Crippen molar-refractivity contribution in [3.63, 3.8) is 0 Å². The Morgan fingerprint density at radius 2 is 1.95 bits per heavy atom. The fraction of sp³-hybridized carbons (Fsp3) is 0.154. The van der Waals surface area contributed by atoms with Crippen molar-refractivity contribution < 1.29 is 19.1 Å². The fourth-order valence-electron chi connectivity index (χ4n) is 1.68. The number of amides is 1. The number of carboxylic acids is 1. The van der Waals surface area contributed by atoms with E-state index in [-0.39, 0.29) is 24.6 Å². The summed E-state index contributed by atoms with van der Waals surface area (Å²) in [6.07, 6.45) is 1.58. The fourth-order valence-corrected chi connectivity index (χ4v) is 3.01. The highest BCUT2D eigenvalue weighted by Gasteiger charge is 2.12. The lowest BCUT2D eigenvalue weighted by Gasteiger charge is -2.10. The SMILES string of the molecule is O=C(CCn1ccc(C(=O)O)n1)Nc1c(Br)cc(F)cc1Br. The molecule has 22 heavy (non-hydrogen) atoms. The van der Waals surface area contributed by atoms with E-state index in [1.165, 1.54) is 29.1 Å². The molecular weight excluding hydrogens is 425 g/mol. The van der Waals surface area contributed by atoms with Gasteiger partial charge in [-0.3, -0.25) is 9.48 Å². The lowest BCUT2D eigenvalue weighted by atomic mass is 10.3. The number of aromatic nitrogens is 2. The van der Waals surface area contributed by atoms with Gasteiger partial charge in [-0.2, -0.15) is 5.10 Å². The molecule has 2 aromatic rings. The van der Waals surface area contributed by atoms with Crippen LogP contribution in [0.4, 0.5) is 10.1 Å². The Hall–Kier alpha value is -1.74. The Kier molecular flexibility index (Phi) is 5.30. The first-order valence-electron chi connectivity index (χ1n) is 6.08. The maximum atomic E-state index is 13.2. The molecule has 0 aliphatic heterocycles. The van der Waals surface area contributed by atoms with Gasteiger partial charge >= 0.3 is 5.97 Å². The van der Waals surface area contributed by atoms with Crippen LogP contribution in [0, 0.1) is 5.82 Å². The average molecular weight is 435 g/mol. The van der Waals surface area contributed by atoms with Crippen molar-refractivity contribution >= 4 is 49.4 Å². The second kappa shape index (κ2) is 7.01. The molecule has 1 amide bonds. The van der Waals surface area contributed by atoms with Gasteiger partial charge in [0.2, 0.25) is 5.91 Å². The molecule has 1 heterocycles. The Morgan fingerprint density at radius 3 is 2.50 bits per heavy atom. The molecule has 0 saturated carbocycles. The lowest BCUT2D eigenvalue weighted by molar-refractivity contribution is -0.116. The molecule has 0 fully saturated rings. The van der Waals surface area contributed by atoms with Gasteiger partial charge in [-0.1, -0.05) is 0 Å². The van der Waals surface area contributed by atoms with E-state index in [4.69, 9.17) is 5.11 Å². The molecular formula is C13H10Br2FN3O3. The minimum atomic E-state index is -1.12. The van der Waals surface area contributed by atoms with E-state index in [9.17, 15) is 14.0 Å². The van der Waals surface area contributed by atoms with Gasteiger partial charge in [0.15, 0.2) is 5.69 Å². The number of benzene rings is 1. The van der Waals surface area contributed by atoms with Gasteiger partial charge in [0.1, 0.15) is 5.82 Å². The summed E-state index contributed by atoms with van der Waals surface area (Å²) in [6, 6.07) is 3.84. The molecule has 0 bridgehead atoms. The molecule has 0 saturated heterocycles. The number of nitrogens with zero attached hydrogens (tertiary/aromatic N) is 2. The second-order valence-electron chi connectivity index (χ2n) is 4.31. The standard InChI is InChI=1S/C13H10Br2FN3O3/c14-8-5-7(16)6-9(15)12(8)17-11(20)2-4-19-3-1-10(18-19)13(21)22/h1,3,5-6H,2,4H2,(H,17,20)(H,21,22). The number of carbonyl (C=O) groups is 2. The smallest absolute Gasteiger partial charge is 0.356 e. The van der Waals surface area contributed by atoms with Crippen LogP contribution in [0.3, 0.4) is 0 Å². The molecule has 116 valence electrons. The van der Waals surface area contributed by atoms with E-state index in [0.29, 0.717) is 14.6 Å². The van der Waals surface area contributed by atoms with Crippen molar-refractivity contribution in [2.75, 3.05) is 5.32 Å². The summed E-state index contributed by atoms with van der Waals surface area (Å²) < 4.78 is 15.4. The summed E-state index contributed by atoms with van der Waals surface area (Å²) in [6.45, 7) is 0.232. The van der Waals surface area contributed by atoms with Gasteiger partial charge in [-0.25, -0.2) is 9.18 Å². The Bertz CT molecular complexity index is 710. The highest BCUT2D eigenvalue weighted by atomic mass is 79.9. The van der Waals surface area contributed by atoms with Gasteiger partial charge in [-0.05, 0) is 50.1 Å². The summed E-state index contributed by atoms with van der Waals surface area (Å²) in [5, 5.41) is 15.2. The van der Waals surface area contributed by atoms with Gasteiger partial charge in [-0.15, -0.1) is 0 Å². The van der Waals surface area contributed by atoms with Crippen molar-refractivity contribution in [1.82, 2.24) is 9.78 Å². The van der Waals surface area contributed by atoms with Gasteiger partial charge in [0.05, 0.1) is 5.69 Å². The summed E-state index contributed by atoms with van der Waals surface area (Å²) in [4.78, 5) is 22.6. The van der Waals surface area contributed by atoms with E-state index >= 15 is 0 Å². The Labute approximate surface area is 141 Å². The number of aromatic carboxylic acids is 1. The van der Waals surface area contributed by atoms with Crippen molar-refractivity contribution in [2.24, 2.45) is 0 Å². The zero-order chi connectivity index (χ0) is 16.3. The van der Waals surface area contributed by atoms with Crippen LogP contribution in [0.2, 0.25) is 0 Å². The number of halogens is 3. The van der Waals surface area contributed by atoms with Gasteiger partial charge in [0.25, 0.3) is 0 Å². The largest absolute Gasteiger partial charge is 0.476 e. The zero-order valence-corrected chi connectivity index (χ0v) is 14.2. The number of hydrogen-bond donors (Lipinski definition) is 2. The molecule has 0 unspecified atom stereocenters. The van der Waals surface area contributed by atoms with Crippen LogP contribution >= 0.6 is 31.9 Å². The molecule has 0 atom stereocenters. The first-order valence-corrected chi connectivity index (χ1v) is 7.66. The number of nitrogens with one attached hydrogen (secondary N) is 1. The molecule has 0 spiro atoms. The van der Waals surface area contributed by atoms with Crippen LogP contribution in [-0.2, 0) is 11.3 Å². The topological polar surface area (TPSA) is 84.2 Å². The van der Waals surface area contributed by atoms with Crippen LogP contribution in [0.1, 0.15) is 16.9 Å². The monoisotopic (exact) mass is 433 g/mol. The molecule has 6 nitrogen and oxygen atoms in total. The van der Waals surface area contributed by atoms with Gasteiger partial charge in [0, 0.05) is 28.1 Å². The summed E-state index contributed by atoms with van der Waals surface area (Å²) in [7, 11) is 0. The van der Waals surface area contributed by atoms with E-state index in [2.05, 4.69) is 42.3 Å². The van der Waals surface area contributed by atoms with Crippen LogP contribution in [0.5, 0.6) is 0 Å². The minimum absolute atomic E-state index is 0.0792. The Balaban J connectivity index is 1.97. The molecule has 2 N–H and O–H groups in total. The highest BCUT2D eigenvalue weighted by Crippen LogP contribution is 2.32. The number of hydrogen-bond acceptors (Lipinski definition) is 3. The van der Waals surface area contributed by atoms with Crippen LogP contribution in [0.15, 0.2) is 33.3 Å². The minimum Gasteiger partial charge on any atom is -0.476 e. The van der Waals surface area contributed by atoms with E-state index in [0.717, 1.165) is 0 Å². The van der Waals surface area contributed by atoms with E-state index in [1.54, 1.807) is 0 Å². The lowest BCUT2D eigenvalue weighted by Crippen LogP contribution is -2.15. The van der Waals surface area contributed by atoms with Crippen molar-refractivity contribution in [1.29, 1.82) is 0 Å². The summed E-state index contributed by atoms with van der Waals surface area (Å²) >= 11 is 6.35. The quantitative estimate of drug-likeness (QED) is 0.756. The van der Waals surface area contributed by atoms with Crippen molar-refractivity contribution in [3.05, 3.63) is 44.9 Å². The summed E-state index contributed by atoms with van der Waals surface area (Å²) in [5.41, 5.74) is 0.350. The molecule has 1 aromatic carbocycles. The van der Waals surface area contributed by atoms with Crippen LogP contribution < -0.4 is 5.32 Å². The number of anilines is 1. The average Bonchev–Trinajstić information content (AvgIpc) is 2.89. The molecule has 0 aliphatic carbocycles. The number of aryl methyl sites for hydroxylation is 1.